The van der Waals surface area contributed by atoms with Gasteiger partial charge in [-0.1, -0.05) is 18.2 Å². The molecule has 1 aromatic carbocycles. The summed E-state index contributed by atoms with van der Waals surface area (Å²) >= 11 is 0. The van der Waals surface area contributed by atoms with Crippen LogP contribution in [-0.4, -0.2) is 35.4 Å². The monoisotopic (exact) mass is 288 g/mol. The Labute approximate surface area is 123 Å². The molecule has 6 nitrogen and oxygen atoms in total. The van der Waals surface area contributed by atoms with Crippen molar-refractivity contribution >= 4 is 5.91 Å². The third-order valence-electron chi connectivity index (χ3n) is 3.20. The highest BCUT2D eigenvalue weighted by molar-refractivity contribution is 5.82. The number of benzene rings is 1. The minimum Gasteiger partial charge on any atom is -0.383 e. The van der Waals surface area contributed by atoms with E-state index in [4.69, 9.17) is 10.5 Å². The molecule has 0 radical (unpaired) electrons. The van der Waals surface area contributed by atoms with Crippen LogP contribution in [0.2, 0.25) is 0 Å². The zero-order valence-corrected chi connectivity index (χ0v) is 12.2. The number of carbonyl (C=O) groups is 1. The van der Waals surface area contributed by atoms with Crippen molar-refractivity contribution in [2.24, 2.45) is 5.73 Å². The largest absolute Gasteiger partial charge is 0.383 e. The summed E-state index contributed by atoms with van der Waals surface area (Å²) in [6, 6.07) is 8.79. The molecule has 2 rings (SSSR count). The molecule has 0 aliphatic heterocycles. The lowest BCUT2D eigenvalue weighted by Crippen LogP contribution is -2.44. The first-order valence-corrected chi connectivity index (χ1v) is 6.77. The molecule has 1 amide bonds. The van der Waals surface area contributed by atoms with Crippen LogP contribution in [0.4, 0.5) is 0 Å². The molecule has 3 N–H and O–H groups in total. The van der Waals surface area contributed by atoms with E-state index in [1.807, 2.05) is 43.5 Å². The van der Waals surface area contributed by atoms with Gasteiger partial charge in [0.1, 0.15) is 6.04 Å². The fraction of sp³-hybridized carbons (Fsp3) is 0.333. The molecule has 6 heteroatoms. The number of carbonyl (C=O) groups excluding carboxylic acids is 1. The smallest absolute Gasteiger partial charge is 0.239 e. The van der Waals surface area contributed by atoms with Crippen molar-refractivity contribution in [1.82, 2.24) is 15.1 Å². The fourth-order valence-electron chi connectivity index (χ4n) is 2.13. The van der Waals surface area contributed by atoms with Gasteiger partial charge in [-0.15, -0.1) is 0 Å². The molecule has 112 valence electrons. The molecule has 0 aliphatic rings. The Morgan fingerprint density at radius 3 is 2.86 bits per heavy atom. The van der Waals surface area contributed by atoms with Gasteiger partial charge in [-0.25, -0.2) is 4.68 Å². The maximum absolute atomic E-state index is 12.0. The van der Waals surface area contributed by atoms with Gasteiger partial charge in [-0.2, -0.15) is 5.10 Å². The normalized spacial score (nSPS) is 13.7. The Balaban J connectivity index is 2.16. The van der Waals surface area contributed by atoms with Crippen LogP contribution in [0.5, 0.6) is 0 Å². The highest BCUT2D eigenvalue weighted by atomic mass is 16.5. The number of nitrogens with zero attached hydrogens (tertiary/aromatic N) is 2. The van der Waals surface area contributed by atoms with Crippen LogP contribution in [0, 0.1) is 0 Å². The second kappa shape index (κ2) is 7.01. The number of para-hydroxylation sites is 1. The number of nitrogens with one attached hydrogen (secondary N) is 1. The molecule has 0 spiro atoms. The number of methoxy groups -OCH3 is 1. The minimum absolute atomic E-state index is 0.180. The molecule has 0 aliphatic carbocycles. The number of rotatable bonds is 6. The minimum atomic E-state index is -0.672. The average molecular weight is 288 g/mol. The summed E-state index contributed by atoms with van der Waals surface area (Å²) in [6.07, 6.45) is 3.58. The summed E-state index contributed by atoms with van der Waals surface area (Å²) < 4.78 is 6.67. The number of ether oxygens (including phenoxy) is 1. The van der Waals surface area contributed by atoms with Crippen molar-refractivity contribution in [3.63, 3.8) is 0 Å². The Morgan fingerprint density at radius 1 is 1.43 bits per heavy atom. The van der Waals surface area contributed by atoms with E-state index in [2.05, 4.69) is 10.4 Å². The standard InChI is InChI=1S/C15H20N4O2/c1-11(18-15(20)13(16)10-21-2)12-6-3-4-7-14(12)19-9-5-8-17-19/h3-9,11,13H,10,16H2,1-2H3,(H,18,20). The van der Waals surface area contributed by atoms with Crippen molar-refractivity contribution < 1.29 is 9.53 Å². The number of nitrogens with two attached hydrogens (primary N) is 1. The molecule has 1 heterocycles. The molecular formula is C15H20N4O2. The molecular weight excluding hydrogens is 268 g/mol. The molecule has 1 aromatic heterocycles. The van der Waals surface area contributed by atoms with Gasteiger partial charge < -0.3 is 15.8 Å². The van der Waals surface area contributed by atoms with Gasteiger partial charge in [0.2, 0.25) is 5.91 Å². The Morgan fingerprint density at radius 2 is 2.19 bits per heavy atom. The molecule has 0 saturated carbocycles. The first-order valence-electron chi connectivity index (χ1n) is 6.77. The van der Waals surface area contributed by atoms with E-state index < -0.39 is 6.04 Å². The number of aromatic nitrogens is 2. The van der Waals surface area contributed by atoms with Crippen LogP contribution < -0.4 is 11.1 Å². The van der Waals surface area contributed by atoms with Gasteiger partial charge in [-0.3, -0.25) is 4.79 Å². The average Bonchev–Trinajstić information content (AvgIpc) is 3.01. The lowest BCUT2D eigenvalue weighted by molar-refractivity contribution is -0.124. The Bertz CT molecular complexity index is 583. The van der Waals surface area contributed by atoms with Crippen molar-refractivity contribution in [1.29, 1.82) is 0 Å². The van der Waals surface area contributed by atoms with Crippen LogP contribution in [0.1, 0.15) is 18.5 Å². The molecule has 0 saturated heterocycles. The predicted molar refractivity (Wildman–Crippen MR) is 80.0 cm³/mol. The highest BCUT2D eigenvalue weighted by Gasteiger charge is 2.18. The van der Waals surface area contributed by atoms with Gasteiger partial charge in [0, 0.05) is 19.5 Å². The van der Waals surface area contributed by atoms with E-state index in [1.54, 1.807) is 10.9 Å². The summed E-state index contributed by atoms with van der Waals surface area (Å²) in [4.78, 5) is 12.0. The maximum Gasteiger partial charge on any atom is 0.239 e. The number of hydrogen-bond donors (Lipinski definition) is 2. The zero-order chi connectivity index (χ0) is 15.2. The first kappa shape index (κ1) is 15.2. The first-order chi connectivity index (χ1) is 10.1. The van der Waals surface area contributed by atoms with E-state index >= 15 is 0 Å². The van der Waals surface area contributed by atoms with Crippen LogP contribution >= 0.6 is 0 Å². The molecule has 2 atom stereocenters. The second-order valence-electron chi connectivity index (χ2n) is 4.80. The molecule has 2 aromatic rings. The van der Waals surface area contributed by atoms with E-state index in [-0.39, 0.29) is 18.6 Å². The second-order valence-corrected chi connectivity index (χ2v) is 4.80. The molecule has 21 heavy (non-hydrogen) atoms. The summed E-state index contributed by atoms with van der Waals surface area (Å²) in [5.41, 5.74) is 7.63. The lowest BCUT2D eigenvalue weighted by Gasteiger charge is -2.20. The summed E-state index contributed by atoms with van der Waals surface area (Å²) in [7, 11) is 1.52. The SMILES string of the molecule is COCC(N)C(=O)NC(C)c1ccccc1-n1cccn1. The Hall–Kier alpha value is -2.18. The third-order valence-corrected chi connectivity index (χ3v) is 3.20. The predicted octanol–water partition coefficient (Wildman–Crippen LogP) is 1.02. The topological polar surface area (TPSA) is 82.2 Å². The van der Waals surface area contributed by atoms with Crippen molar-refractivity contribution in [2.75, 3.05) is 13.7 Å². The quantitative estimate of drug-likeness (QED) is 0.831. The maximum atomic E-state index is 12.0. The van der Waals surface area contributed by atoms with Gasteiger partial charge in [0.15, 0.2) is 0 Å². The van der Waals surface area contributed by atoms with Crippen molar-refractivity contribution in [3.05, 3.63) is 48.3 Å². The number of hydrogen-bond acceptors (Lipinski definition) is 4. The summed E-state index contributed by atoms with van der Waals surface area (Å²) in [6.45, 7) is 2.11. The van der Waals surface area contributed by atoms with Crippen molar-refractivity contribution in [3.8, 4) is 5.69 Å². The van der Waals surface area contributed by atoms with Crippen LogP contribution in [0.3, 0.4) is 0 Å². The van der Waals surface area contributed by atoms with Crippen LogP contribution in [0.25, 0.3) is 5.69 Å². The fourth-order valence-corrected chi connectivity index (χ4v) is 2.13. The summed E-state index contributed by atoms with van der Waals surface area (Å²) in [5, 5.41) is 7.13. The van der Waals surface area contributed by atoms with Gasteiger partial charge in [0.05, 0.1) is 18.3 Å². The highest BCUT2D eigenvalue weighted by Crippen LogP contribution is 2.20. The van der Waals surface area contributed by atoms with Gasteiger partial charge in [-0.05, 0) is 24.6 Å². The zero-order valence-electron chi connectivity index (χ0n) is 12.2. The van der Waals surface area contributed by atoms with Gasteiger partial charge in [0.25, 0.3) is 0 Å². The van der Waals surface area contributed by atoms with Crippen molar-refractivity contribution in [2.45, 2.75) is 19.0 Å². The number of amides is 1. The van der Waals surface area contributed by atoms with E-state index in [1.165, 1.54) is 7.11 Å². The van der Waals surface area contributed by atoms with E-state index in [9.17, 15) is 4.79 Å². The summed E-state index contributed by atoms with van der Waals surface area (Å²) in [5.74, 6) is -0.236. The molecule has 2 unspecified atom stereocenters. The molecule has 0 fully saturated rings. The third kappa shape index (κ3) is 3.68. The molecule has 0 bridgehead atoms. The van der Waals surface area contributed by atoms with E-state index in [0.29, 0.717) is 0 Å². The van der Waals surface area contributed by atoms with Crippen LogP contribution in [-0.2, 0) is 9.53 Å². The Kier molecular flexibility index (Phi) is 5.08. The lowest BCUT2D eigenvalue weighted by atomic mass is 10.1. The van der Waals surface area contributed by atoms with Crippen LogP contribution in [0.15, 0.2) is 42.7 Å². The van der Waals surface area contributed by atoms with E-state index in [0.717, 1.165) is 11.3 Å². The van der Waals surface area contributed by atoms with Gasteiger partial charge >= 0.3 is 0 Å².